The Labute approximate surface area is 75.4 Å². The minimum Gasteiger partial charge on any atom is -0.0847 e. The van der Waals surface area contributed by atoms with Crippen molar-refractivity contribution in [3.8, 4) is 0 Å². The first kappa shape index (κ1) is 8.10. The fourth-order valence-electron chi connectivity index (χ4n) is 2.38. The Morgan fingerprint density at radius 1 is 1.42 bits per heavy atom. The third kappa shape index (κ3) is 1.48. The molecule has 3 aliphatic carbocycles. The standard InChI is InChI=1S/C12H18/c1-2-3-4-12-9-10-5-7-11(12)8-6-10/h4-5,7,10-11H,2-3,6,8-9H2,1H3. The minimum absolute atomic E-state index is 0.821. The Kier molecular flexibility index (Phi) is 2.34. The first-order chi connectivity index (χ1) is 5.90. The minimum atomic E-state index is 0.821. The third-order valence-electron chi connectivity index (χ3n) is 3.13. The molecule has 0 nitrogen and oxygen atoms in total. The van der Waals surface area contributed by atoms with E-state index in [1.165, 1.54) is 32.1 Å². The SMILES string of the molecule is CCCC=C1CC2C=CC1CC2. The highest BCUT2D eigenvalue weighted by Gasteiger charge is 2.26. The molecular formula is C12H18. The van der Waals surface area contributed by atoms with Crippen molar-refractivity contribution in [2.24, 2.45) is 11.8 Å². The van der Waals surface area contributed by atoms with Crippen LogP contribution in [0.2, 0.25) is 0 Å². The van der Waals surface area contributed by atoms with Gasteiger partial charge in [-0.05, 0) is 37.5 Å². The molecule has 0 radical (unpaired) electrons. The van der Waals surface area contributed by atoms with Gasteiger partial charge in [0.15, 0.2) is 0 Å². The van der Waals surface area contributed by atoms with Crippen molar-refractivity contribution in [1.29, 1.82) is 0 Å². The Morgan fingerprint density at radius 2 is 2.33 bits per heavy atom. The Morgan fingerprint density at radius 3 is 2.83 bits per heavy atom. The average Bonchev–Trinajstić information content (AvgIpc) is 2.17. The molecule has 0 aromatic rings. The van der Waals surface area contributed by atoms with Crippen molar-refractivity contribution in [1.82, 2.24) is 0 Å². The second kappa shape index (κ2) is 3.47. The van der Waals surface area contributed by atoms with Crippen molar-refractivity contribution in [3.63, 3.8) is 0 Å². The fraction of sp³-hybridized carbons (Fsp3) is 0.667. The van der Waals surface area contributed by atoms with Gasteiger partial charge in [-0.15, -0.1) is 0 Å². The zero-order valence-corrected chi connectivity index (χ0v) is 7.92. The van der Waals surface area contributed by atoms with Crippen LogP contribution in [0, 0.1) is 11.8 Å². The number of rotatable bonds is 2. The average molecular weight is 162 g/mol. The lowest BCUT2D eigenvalue weighted by Crippen LogP contribution is -2.19. The molecule has 0 spiro atoms. The van der Waals surface area contributed by atoms with Crippen LogP contribution in [0.4, 0.5) is 0 Å². The van der Waals surface area contributed by atoms with E-state index < -0.39 is 0 Å². The second-order valence-electron chi connectivity index (χ2n) is 4.10. The summed E-state index contributed by atoms with van der Waals surface area (Å²) in [6.07, 6.45) is 14.1. The molecule has 1 fully saturated rings. The van der Waals surface area contributed by atoms with Crippen LogP contribution in [0.5, 0.6) is 0 Å². The third-order valence-corrected chi connectivity index (χ3v) is 3.13. The summed E-state index contributed by atoms with van der Waals surface area (Å²) in [6.45, 7) is 2.26. The summed E-state index contributed by atoms with van der Waals surface area (Å²) in [7, 11) is 0. The fourth-order valence-corrected chi connectivity index (χ4v) is 2.38. The van der Waals surface area contributed by atoms with Gasteiger partial charge in [-0.25, -0.2) is 0 Å². The molecular weight excluding hydrogens is 144 g/mol. The number of allylic oxidation sites excluding steroid dienone is 4. The molecule has 0 amide bonds. The van der Waals surface area contributed by atoms with E-state index in [2.05, 4.69) is 25.2 Å². The topological polar surface area (TPSA) is 0 Å². The van der Waals surface area contributed by atoms with Gasteiger partial charge in [0.05, 0.1) is 0 Å². The highest BCUT2D eigenvalue weighted by atomic mass is 14.3. The van der Waals surface area contributed by atoms with Gasteiger partial charge < -0.3 is 0 Å². The zero-order chi connectivity index (χ0) is 8.39. The summed E-state index contributed by atoms with van der Waals surface area (Å²) in [6, 6.07) is 0. The zero-order valence-electron chi connectivity index (χ0n) is 7.92. The molecule has 3 rings (SSSR count). The molecule has 0 heterocycles. The molecule has 12 heavy (non-hydrogen) atoms. The van der Waals surface area contributed by atoms with E-state index >= 15 is 0 Å². The molecule has 0 aromatic carbocycles. The highest BCUT2D eigenvalue weighted by molar-refractivity contribution is 5.23. The van der Waals surface area contributed by atoms with E-state index in [0.717, 1.165) is 11.8 Å². The Balaban J connectivity index is 2.06. The van der Waals surface area contributed by atoms with Gasteiger partial charge in [0.25, 0.3) is 0 Å². The van der Waals surface area contributed by atoms with Gasteiger partial charge in [0.1, 0.15) is 0 Å². The number of hydrogen-bond donors (Lipinski definition) is 0. The van der Waals surface area contributed by atoms with Crippen LogP contribution in [0.1, 0.15) is 39.0 Å². The van der Waals surface area contributed by atoms with Crippen LogP contribution in [0.25, 0.3) is 0 Å². The van der Waals surface area contributed by atoms with Crippen LogP contribution < -0.4 is 0 Å². The molecule has 2 unspecified atom stereocenters. The lowest BCUT2D eigenvalue weighted by molar-refractivity contribution is 0.409. The Bertz CT molecular complexity index is 210. The van der Waals surface area contributed by atoms with Gasteiger partial charge in [0, 0.05) is 0 Å². The van der Waals surface area contributed by atoms with E-state index in [1.54, 1.807) is 5.57 Å². The van der Waals surface area contributed by atoms with Gasteiger partial charge in [0.2, 0.25) is 0 Å². The van der Waals surface area contributed by atoms with Crippen molar-refractivity contribution in [2.45, 2.75) is 39.0 Å². The quantitative estimate of drug-likeness (QED) is 0.543. The molecule has 2 bridgehead atoms. The van der Waals surface area contributed by atoms with Crippen LogP contribution in [-0.2, 0) is 0 Å². The van der Waals surface area contributed by atoms with Gasteiger partial charge in [-0.3, -0.25) is 0 Å². The maximum absolute atomic E-state index is 2.49. The summed E-state index contributed by atoms with van der Waals surface area (Å²) in [5.41, 5.74) is 1.73. The normalized spacial score (nSPS) is 36.2. The predicted octanol–water partition coefficient (Wildman–Crippen LogP) is 3.70. The Hall–Kier alpha value is -0.520. The smallest absolute Gasteiger partial charge is 0.00228 e. The van der Waals surface area contributed by atoms with Crippen molar-refractivity contribution >= 4 is 0 Å². The van der Waals surface area contributed by atoms with Crippen molar-refractivity contribution in [3.05, 3.63) is 23.8 Å². The van der Waals surface area contributed by atoms with Gasteiger partial charge >= 0.3 is 0 Å². The molecule has 66 valence electrons. The van der Waals surface area contributed by atoms with E-state index in [0.29, 0.717) is 0 Å². The highest BCUT2D eigenvalue weighted by Crippen LogP contribution is 2.39. The maximum atomic E-state index is 2.49. The van der Waals surface area contributed by atoms with Crippen LogP contribution in [0.3, 0.4) is 0 Å². The van der Waals surface area contributed by atoms with Crippen LogP contribution in [0.15, 0.2) is 23.8 Å². The maximum Gasteiger partial charge on any atom is -0.00228 e. The van der Waals surface area contributed by atoms with E-state index in [9.17, 15) is 0 Å². The molecule has 0 saturated heterocycles. The number of fused-ring (bicyclic) bond motifs is 2. The summed E-state index contributed by atoms with van der Waals surface area (Å²) >= 11 is 0. The summed E-state index contributed by atoms with van der Waals surface area (Å²) in [4.78, 5) is 0. The summed E-state index contributed by atoms with van der Waals surface area (Å²) < 4.78 is 0. The first-order valence-corrected chi connectivity index (χ1v) is 5.27. The lowest BCUT2D eigenvalue weighted by Gasteiger charge is -2.33. The molecule has 0 aromatic heterocycles. The molecule has 0 aliphatic heterocycles. The van der Waals surface area contributed by atoms with Crippen molar-refractivity contribution in [2.75, 3.05) is 0 Å². The van der Waals surface area contributed by atoms with Crippen LogP contribution >= 0.6 is 0 Å². The molecule has 0 heteroatoms. The summed E-state index contributed by atoms with van der Waals surface area (Å²) in [5, 5.41) is 0. The molecule has 0 N–H and O–H groups in total. The van der Waals surface area contributed by atoms with E-state index in [4.69, 9.17) is 0 Å². The van der Waals surface area contributed by atoms with Crippen LogP contribution in [-0.4, -0.2) is 0 Å². The summed E-state index contributed by atoms with van der Waals surface area (Å²) in [5.74, 6) is 1.71. The number of unbranched alkanes of at least 4 members (excludes halogenated alkanes) is 1. The largest absolute Gasteiger partial charge is 0.0847 e. The van der Waals surface area contributed by atoms with E-state index in [1.807, 2.05) is 0 Å². The number of hydrogen-bond acceptors (Lipinski definition) is 0. The van der Waals surface area contributed by atoms with Crippen molar-refractivity contribution < 1.29 is 0 Å². The monoisotopic (exact) mass is 162 g/mol. The first-order valence-electron chi connectivity index (χ1n) is 5.27. The lowest BCUT2D eigenvalue weighted by atomic mass is 9.72. The molecule has 3 aliphatic rings. The van der Waals surface area contributed by atoms with E-state index in [-0.39, 0.29) is 0 Å². The molecule has 2 atom stereocenters. The van der Waals surface area contributed by atoms with Gasteiger partial charge in [-0.2, -0.15) is 0 Å². The second-order valence-corrected chi connectivity index (χ2v) is 4.10. The predicted molar refractivity (Wildman–Crippen MR) is 53.0 cm³/mol. The van der Waals surface area contributed by atoms with Gasteiger partial charge in [-0.1, -0.05) is 37.1 Å². The molecule has 1 saturated carbocycles.